The van der Waals surface area contributed by atoms with Crippen LogP contribution in [0.4, 0.5) is 0 Å². The summed E-state index contributed by atoms with van der Waals surface area (Å²) >= 11 is 5.60. The van der Waals surface area contributed by atoms with Gasteiger partial charge in [0.05, 0.1) is 9.52 Å². The van der Waals surface area contributed by atoms with Crippen LogP contribution in [-0.4, -0.2) is 15.4 Å². The van der Waals surface area contributed by atoms with E-state index >= 15 is 0 Å². The van der Waals surface area contributed by atoms with Crippen LogP contribution < -0.4 is 5.19 Å². The Morgan fingerprint density at radius 2 is 1.87 bits per heavy atom. The number of halogens is 1. The molecule has 1 aromatic rings. The third-order valence-corrected chi connectivity index (χ3v) is 3.57. The topological polar surface area (TPSA) is 0 Å². The van der Waals surface area contributed by atoms with E-state index in [0.717, 1.165) is 21.8 Å². The normalized spacial score (nSPS) is 11.0. The molecule has 0 unspecified atom stereocenters. The molecule has 0 atom stereocenters. The SMILES string of the molecule is ClCCCC/C=C\C[Si]c1ccccc1. The van der Waals surface area contributed by atoms with Crippen LogP contribution in [0.25, 0.3) is 0 Å². The van der Waals surface area contributed by atoms with E-state index in [0.29, 0.717) is 0 Å². The van der Waals surface area contributed by atoms with Gasteiger partial charge in [0.15, 0.2) is 0 Å². The molecule has 0 N–H and O–H groups in total. The van der Waals surface area contributed by atoms with E-state index in [1.165, 1.54) is 24.1 Å². The van der Waals surface area contributed by atoms with Gasteiger partial charge in [-0.3, -0.25) is 0 Å². The lowest BCUT2D eigenvalue weighted by Crippen LogP contribution is -2.11. The molecule has 0 spiro atoms. The summed E-state index contributed by atoms with van der Waals surface area (Å²) in [5, 5.41) is 1.45. The lowest BCUT2D eigenvalue weighted by Gasteiger charge is -1.95. The maximum Gasteiger partial charge on any atom is 0.0849 e. The molecule has 15 heavy (non-hydrogen) atoms. The first-order chi connectivity index (χ1) is 7.43. The van der Waals surface area contributed by atoms with E-state index in [1.54, 1.807) is 0 Å². The van der Waals surface area contributed by atoms with Crippen molar-refractivity contribution in [1.29, 1.82) is 0 Å². The highest BCUT2D eigenvalue weighted by Gasteiger charge is 1.89. The number of unbranched alkanes of at least 4 members (excludes halogenated alkanes) is 2. The Labute approximate surface area is 100 Å². The Hall–Kier alpha value is -0.533. The molecule has 0 bridgehead atoms. The van der Waals surface area contributed by atoms with E-state index in [2.05, 4.69) is 42.5 Å². The Morgan fingerprint density at radius 1 is 1.07 bits per heavy atom. The number of rotatable bonds is 7. The van der Waals surface area contributed by atoms with Crippen LogP contribution in [0.3, 0.4) is 0 Å². The standard InChI is InChI=1S/C13H17ClSi/c14-11-7-2-1-3-8-12-15-13-9-5-4-6-10-13/h3-6,8-10H,1-2,7,11-12H2/b8-3-. The van der Waals surface area contributed by atoms with Crippen molar-refractivity contribution in [2.24, 2.45) is 0 Å². The van der Waals surface area contributed by atoms with Crippen LogP contribution in [0.2, 0.25) is 6.04 Å². The molecule has 2 heteroatoms. The van der Waals surface area contributed by atoms with Gasteiger partial charge >= 0.3 is 0 Å². The fourth-order valence-electron chi connectivity index (χ4n) is 1.29. The molecule has 1 aromatic carbocycles. The largest absolute Gasteiger partial charge is 0.127 e. The molecule has 1 rings (SSSR count). The minimum absolute atomic E-state index is 0.791. The van der Waals surface area contributed by atoms with Crippen LogP contribution in [0.5, 0.6) is 0 Å². The van der Waals surface area contributed by atoms with Gasteiger partial charge in [-0.2, -0.15) is 0 Å². The summed E-state index contributed by atoms with van der Waals surface area (Å²) in [6, 6.07) is 11.8. The molecule has 0 amide bonds. The summed E-state index contributed by atoms with van der Waals surface area (Å²) in [6.07, 6.45) is 8.09. The van der Waals surface area contributed by atoms with Gasteiger partial charge < -0.3 is 0 Å². The molecular weight excluding hydrogens is 220 g/mol. The highest BCUT2D eigenvalue weighted by molar-refractivity contribution is 6.53. The van der Waals surface area contributed by atoms with Crippen molar-refractivity contribution in [1.82, 2.24) is 0 Å². The van der Waals surface area contributed by atoms with Gasteiger partial charge in [0.1, 0.15) is 0 Å². The molecule has 0 saturated carbocycles. The first-order valence-corrected chi connectivity index (χ1v) is 7.17. The Balaban J connectivity index is 2.06. The van der Waals surface area contributed by atoms with E-state index in [-0.39, 0.29) is 0 Å². The summed E-state index contributed by atoms with van der Waals surface area (Å²) in [7, 11) is 0.904. The lowest BCUT2D eigenvalue weighted by atomic mass is 10.2. The number of allylic oxidation sites excluding steroid dienone is 2. The lowest BCUT2D eigenvalue weighted by molar-refractivity contribution is 0.819. The van der Waals surface area contributed by atoms with Crippen LogP contribution >= 0.6 is 11.6 Å². The van der Waals surface area contributed by atoms with Crippen LogP contribution in [0, 0.1) is 0 Å². The summed E-state index contributed by atoms with van der Waals surface area (Å²) in [5.41, 5.74) is 0. The predicted molar refractivity (Wildman–Crippen MR) is 70.3 cm³/mol. The number of benzene rings is 1. The number of hydrogen-bond donors (Lipinski definition) is 0. The monoisotopic (exact) mass is 236 g/mol. The fourth-order valence-corrected chi connectivity index (χ4v) is 2.43. The van der Waals surface area contributed by atoms with Gasteiger partial charge in [0.25, 0.3) is 0 Å². The predicted octanol–water partition coefficient (Wildman–Crippen LogP) is 3.40. The van der Waals surface area contributed by atoms with Crippen molar-refractivity contribution in [3.8, 4) is 0 Å². The average Bonchev–Trinajstić information content (AvgIpc) is 2.29. The molecule has 0 aliphatic carbocycles. The molecule has 0 nitrogen and oxygen atoms in total. The third kappa shape index (κ3) is 6.53. The van der Waals surface area contributed by atoms with Gasteiger partial charge in [-0.15, -0.1) is 11.6 Å². The van der Waals surface area contributed by atoms with Crippen molar-refractivity contribution in [2.45, 2.75) is 25.3 Å². The summed E-state index contributed by atoms with van der Waals surface area (Å²) in [6.45, 7) is 0. The molecule has 0 heterocycles. The van der Waals surface area contributed by atoms with Gasteiger partial charge in [0.2, 0.25) is 0 Å². The smallest absolute Gasteiger partial charge is 0.0849 e. The zero-order chi connectivity index (χ0) is 10.8. The molecule has 0 aliphatic heterocycles. The van der Waals surface area contributed by atoms with Crippen molar-refractivity contribution in [2.75, 3.05) is 5.88 Å². The minimum Gasteiger partial charge on any atom is -0.127 e. The van der Waals surface area contributed by atoms with Crippen molar-refractivity contribution in [3.05, 3.63) is 42.5 Å². The summed E-state index contributed by atoms with van der Waals surface area (Å²) in [5.74, 6) is 0.791. The second-order valence-corrected chi connectivity index (χ2v) is 5.12. The Morgan fingerprint density at radius 3 is 2.60 bits per heavy atom. The second kappa shape index (κ2) is 8.75. The first-order valence-electron chi connectivity index (χ1n) is 5.43. The van der Waals surface area contributed by atoms with Gasteiger partial charge in [0, 0.05) is 5.88 Å². The summed E-state index contributed by atoms with van der Waals surface area (Å²) < 4.78 is 0. The highest BCUT2D eigenvalue weighted by atomic mass is 35.5. The van der Waals surface area contributed by atoms with Crippen LogP contribution in [0.1, 0.15) is 19.3 Å². The van der Waals surface area contributed by atoms with E-state index < -0.39 is 0 Å². The Bertz CT molecular complexity index is 269. The van der Waals surface area contributed by atoms with Crippen molar-refractivity contribution in [3.63, 3.8) is 0 Å². The Kier molecular flexibility index (Phi) is 7.31. The van der Waals surface area contributed by atoms with E-state index in [1.807, 2.05) is 0 Å². The van der Waals surface area contributed by atoms with E-state index in [4.69, 9.17) is 11.6 Å². The number of hydrogen-bond acceptors (Lipinski definition) is 0. The fraction of sp³-hybridized carbons (Fsp3) is 0.385. The molecular formula is C13H17ClSi. The molecule has 0 aliphatic rings. The average molecular weight is 237 g/mol. The highest BCUT2D eigenvalue weighted by Crippen LogP contribution is 1.98. The minimum atomic E-state index is 0.791. The maximum absolute atomic E-state index is 5.60. The van der Waals surface area contributed by atoms with Gasteiger partial charge in [-0.25, -0.2) is 0 Å². The van der Waals surface area contributed by atoms with Crippen molar-refractivity contribution < 1.29 is 0 Å². The van der Waals surface area contributed by atoms with E-state index in [9.17, 15) is 0 Å². The zero-order valence-corrected chi connectivity index (χ0v) is 10.7. The first kappa shape index (κ1) is 12.5. The quantitative estimate of drug-likeness (QED) is 0.295. The van der Waals surface area contributed by atoms with Crippen LogP contribution in [-0.2, 0) is 0 Å². The molecule has 0 saturated heterocycles. The zero-order valence-electron chi connectivity index (χ0n) is 8.95. The third-order valence-electron chi connectivity index (χ3n) is 2.12. The molecule has 0 fully saturated rings. The molecule has 0 aromatic heterocycles. The van der Waals surface area contributed by atoms with Crippen LogP contribution in [0.15, 0.2) is 42.5 Å². The van der Waals surface area contributed by atoms with Crippen molar-refractivity contribution >= 4 is 26.3 Å². The second-order valence-electron chi connectivity index (χ2n) is 3.40. The maximum atomic E-state index is 5.60. The number of alkyl halides is 1. The molecule has 80 valence electrons. The van der Waals surface area contributed by atoms with Gasteiger partial charge in [-0.1, -0.05) is 47.7 Å². The molecule has 2 radical (unpaired) electrons. The summed E-state index contributed by atoms with van der Waals surface area (Å²) in [4.78, 5) is 0. The van der Waals surface area contributed by atoms with Gasteiger partial charge in [-0.05, 0) is 25.3 Å².